The van der Waals surface area contributed by atoms with E-state index in [1.165, 1.54) is 45.5 Å². The first-order valence-corrected chi connectivity index (χ1v) is 9.31. The number of rotatable bonds is 7. The molecular formula is C18H20N2O6S. The first kappa shape index (κ1) is 20.4. The Bertz CT molecular complexity index is 928. The summed E-state index contributed by atoms with van der Waals surface area (Å²) in [7, 11) is 0.154. The third kappa shape index (κ3) is 4.83. The Labute approximate surface area is 157 Å². The normalized spacial score (nSPS) is 11.1. The summed E-state index contributed by atoms with van der Waals surface area (Å²) in [4.78, 5) is 24.3. The molecule has 0 aromatic heterocycles. The van der Waals surface area contributed by atoms with Crippen molar-refractivity contribution in [3.05, 3.63) is 54.1 Å². The number of amides is 1. The van der Waals surface area contributed by atoms with Gasteiger partial charge < -0.3 is 14.8 Å². The number of nitrogens with zero attached hydrogens (tertiary/aromatic N) is 1. The monoisotopic (exact) mass is 392 g/mol. The Morgan fingerprint density at radius 3 is 2.33 bits per heavy atom. The first-order chi connectivity index (χ1) is 12.8. The van der Waals surface area contributed by atoms with Crippen molar-refractivity contribution in [3.8, 4) is 5.75 Å². The second-order valence-corrected chi connectivity index (χ2v) is 7.57. The van der Waals surface area contributed by atoms with Gasteiger partial charge in [0.15, 0.2) is 0 Å². The molecule has 144 valence electrons. The Kier molecular flexibility index (Phi) is 6.54. The summed E-state index contributed by atoms with van der Waals surface area (Å²) in [5, 5.41) is 2.53. The molecule has 8 nitrogen and oxygen atoms in total. The van der Waals surface area contributed by atoms with Gasteiger partial charge in [-0.15, -0.1) is 0 Å². The number of hydrogen-bond acceptors (Lipinski definition) is 6. The zero-order chi connectivity index (χ0) is 20.0. The molecule has 0 bridgehead atoms. The summed E-state index contributed by atoms with van der Waals surface area (Å²) in [5.41, 5.74) is 0.289. The van der Waals surface area contributed by atoms with Crippen LogP contribution in [0.2, 0.25) is 0 Å². The van der Waals surface area contributed by atoms with E-state index < -0.39 is 28.4 Å². The summed E-state index contributed by atoms with van der Waals surface area (Å²) >= 11 is 0. The van der Waals surface area contributed by atoms with Crippen LogP contribution in [0, 0.1) is 0 Å². The maximum atomic E-state index is 12.5. The summed E-state index contributed by atoms with van der Waals surface area (Å²) in [6.45, 7) is -0.427. The van der Waals surface area contributed by atoms with E-state index in [-0.39, 0.29) is 16.1 Å². The van der Waals surface area contributed by atoms with E-state index >= 15 is 0 Å². The van der Waals surface area contributed by atoms with Crippen molar-refractivity contribution in [2.75, 3.05) is 33.1 Å². The van der Waals surface area contributed by atoms with Crippen molar-refractivity contribution in [3.63, 3.8) is 0 Å². The third-order valence-electron chi connectivity index (χ3n) is 3.72. The van der Waals surface area contributed by atoms with Crippen LogP contribution in [-0.2, 0) is 19.6 Å². The van der Waals surface area contributed by atoms with E-state index in [0.717, 1.165) is 4.31 Å². The standard InChI is InChI=1S/C18H20N2O6S/c1-20(27(23,24)14-7-5-4-6-8-14)12-17(21)19-16-10-9-13(25-2)11-15(16)18(22)26-3/h4-11H,12H2,1-3H3,(H,19,21). The smallest absolute Gasteiger partial charge is 0.340 e. The highest BCUT2D eigenvalue weighted by Gasteiger charge is 2.23. The maximum absolute atomic E-state index is 12.5. The van der Waals surface area contributed by atoms with Gasteiger partial charge in [-0.3, -0.25) is 4.79 Å². The van der Waals surface area contributed by atoms with Gasteiger partial charge in [-0.2, -0.15) is 4.31 Å². The van der Waals surface area contributed by atoms with Crippen molar-refractivity contribution in [2.45, 2.75) is 4.90 Å². The molecule has 0 saturated carbocycles. The molecule has 27 heavy (non-hydrogen) atoms. The first-order valence-electron chi connectivity index (χ1n) is 7.87. The molecule has 0 aliphatic rings. The van der Waals surface area contributed by atoms with Crippen LogP contribution in [0.25, 0.3) is 0 Å². The van der Waals surface area contributed by atoms with Crippen molar-refractivity contribution >= 4 is 27.6 Å². The van der Waals surface area contributed by atoms with Gasteiger partial charge >= 0.3 is 5.97 Å². The van der Waals surface area contributed by atoms with Gasteiger partial charge in [-0.25, -0.2) is 13.2 Å². The van der Waals surface area contributed by atoms with Crippen LogP contribution in [0.15, 0.2) is 53.4 Å². The molecule has 0 unspecified atom stereocenters. The van der Waals surface area contributed by atoms with Crippen LogP contribution in [-0.4, -0.2) is 52.4 Å². The molecule has 1 N–H and O–H groups in total. The number of esters is 1. The number of sulfonamides is 1. The molecule has 0 spiro atoms. The van der Waals surface area contributed by atoms with Crippen LogP contribution in [0.5, 0.6) is 5.75 Å². The number of carbonyl (C=O) groups excluding carboxylic acids is 2. The number of carbonyl (C=O) groups is 2. The van der Waals surface area contributed by atoms with Gasteiger partial charge in [-0.1, -0.05) is 18.2 Å². The molecule has 2 aromatic carbocycles. The second kappa shape index (κ2) is 8.65. The van der Waals surface area contributed by atoms with Crippen LogP contribution in [0.1, 0.15) is 10.4 Å². The molecular weight excluding hydrogens is 372 g/mol. The molecule has 0 aliphatic heterocycles. The predicted molar refractivity (Wildman–Crippen MR) is 99.2 cm³/mol. The van der Waals surface area contributed by atoms with Gasteiger partial charge in [0.05, 0.1) is 36.9 Å². The van der Waals surface area contributed by atoms with Gasteiger partial charge in [0.25, 0.3) is 0 Å². The van der Waals surface area contributed by atoms with Gasteiger partial charge in [0.2, 0.25) is 15.9 Å². The minimum atomic E-state index is -3.81. The van der Waals surface area contributed by atoms with Crippen molar-refractivity contribution < 1.29 is 27.5 Å². The topological polar surface area (TPSA) is 102 Å². The second-order valence-electron chi connectivity index (χ2n) is 5.53. The Morgan fingerprint density at radius 1 is 1.07 bits per heavy atom. The Balaban J connectivity index is 2.17. The molecule has 9 heteroatoms. The largest absolute Gasteiger partial charge is 0.497 e. The molecule has 2 aromatic rings. The van der Waals surface area contributed by atoms with E-state index in [1.54, 1.807) is 24.3 Å². The predicted octanol–water partition coefficient (Wildman–Crippen LogP) is 1.74. The fraction of sp³-hybridized carbons (Fsp3) is 0.222. The van der Waals surface area contributed by atoms with Gasteiger partial charge in [0.1, 0.15) is 5.75 Å². The van der Waals surface area contributed by atoms with Gasteiger partial charge in [0, 0.05) is 7.05 Å². The molecule has 0 heterocycles. The number of hydrogen-bond donors (Lipinski definition) is 1. The lowest BCUT2D eigenvalue weighted by atomic mass is 10.1. The van der Waals surface area contributed by atoms with E-state index in [0.29, 0.717) is 5.75 Å². The molecule has 0 atom stereocenters. The fourth-order valence-corrected chi connectivity index (χ4v) is 3.44. The zero-order valence-electron chi connectivity index (χ0n) is 15.1. The van der Waals surface area contributed by atoms with E-state index in [9.17, 15) is 18.0 Å². The highest BCUT2D eigenvalue weighted by atomic mass is 32.2. The molecule has 0 fully saturated rings. The minimum absolute atomic E-state index is 0.0833. The minimum Gasteiger partial charge on any atom is -0.497 e. The summed E-state index contributed by atoms with van der Waals surface area (Å²) in [6.07, 6.45) is 0. The number of methoxy groups -OCH3 is 2. The lowest BCUT2D eigenvalue weighted by molar-refractivity contribution is -0.116. The fourth-order valence-electron chi connectivity index (χ4n) is 2.29. The summed E-state index contributed by atoms with van der Waals surface area (Å²) in [5.74, 6) is -0.848. The van der Waals surface area contributed by atoms with E-state index in [2.05, 4.69) is 5.32 Å². The zero-order valence-corrected chi connectivity index (χ0v) is 15.9. The molecule has 0 aliphatic carbocycles. The van der Waals surface area contributed by atoms with Crippen LogP contribution >= 0.6 is 0 Å². The average molecular weight is 392 g/mol. The number of ether oxygens (including phenoxy) is 2. The lowest BCUT2D eigenvalue weighted by Crippen LogP contribution is -2.35. The summed E-state index contributed by atoms with van der Waals surface area (Å²) < 4.78 is 35.6. The quantitative estimate of drug-likeness (QED) is 0.720. The highest BCUT2D eigenvalue weighted by Crippen LogP contribution is 2.23. The van der Waals surface area contributed by atoms with Crippen LogP contribution in [0.4, 0.5) is 5.69 Å². The highest BCUT2D eigenvalue weighted by molar-refractivity contribution is 7.89. The van der Waals surface area contributed by atoms with Crippen LogP contribution in [0.3, 0.4) is 0 Å². The van der Waals surface area contributed by atoms with Crippen molar-refractivity contribution in [1.29, 1.82) is 0 Å². The SMILES string of the molecule is COC(=O)c1cc(OC)ccc1NC(=O)CN(C)S(=O)(=O)c1ccccc1. The number of nitrogens with one attached hydrogen (secondary N) is 1. The number of anilines is 1. The maximum Gasteiger partial charge on any atom is 0.340 e. The third-order valence-corrected chi connectivity index (χ3v) is 5.54. The Hall–Kier alpha value is -2.91. The van der Waals surface area contributed by atoms with Crippen molar-refractivity contribution in [1.82, 2.24) is 4.31 Å². The molecule has 0 radical (unpaired) electrons. The molecule has 2 rings (SSSR count). The van der Waals surface area contributed by atoms with Crippen LogP contribution < -0.4 is 10.1 Å². The summed E-state index contributed by atoms with van der Waals surface area (Å²) in [6, 6.07) is 12.3. The number of likely N-dealkylation sites (N-methyl/N-ethyl adjacent to an activating group) is 1. The molecule has 0 saturated heterocycles. The molecule has 1 amide bonds. The van der Waals surface area contributed by atoms with E-state index in [1.807, 2.05) is 0 Å². The lowest BCUT2D eigenvalue weighted by Gasteiger charge is -2.17. The van der Waals surface area contributed by atoms with Crippen molar-refractivity contribution in [2.24, 2.45) is 0 Å². The average Bonchev–Trinajstić information content (AvgIpc) is 2.68. The Morgan fingerprint density at radius 2 is 1.74 bits per heavy atom. The number of benzene rings is 2. The van der Waals surface area contributed by atoms with E-state index in [4.69, 9.17) is 9.47 Å². The van der Waals surface area contributed by atoms with Gasteiger partial charge in [-0.05, 0) is 30.3 Å².